The van der Waals surface area contributed by atoms with Crippen LogP contribution >= 0.6 is 0 Å². The Morgan fingerprint density at radius 2 is 2.22 bits per heavy atom. The van der Waals surface area contributed by atoms with Crippen molar-refractivity contribution in [1.29, 1.82) is 0 Å². The van der Waals surface area contributed by atoms with Crippen molar-refractivity contribution in [2.75, 3.05) is 31.2 Å². The second kappa shape index (κ2) is 6.96. The van der Waals surface area contributed by atoms with Gasteiger partial charge in [0, 0.05) is 5.69 Å². The largest absolute Gasteiger partial charge is 0.399 e. The molecule has 0 saturated carbocycles. The minimum atomic E-state index is -0.478. The van der Waals surface area contributed by atoms with E-state index < -0.39 is 5.82 Å². The number of nitrogens with one attached hydrogen (secondary N) is 1. The van der Waals surface area contributed by atoms with Gasteiger partial charge < -0.3 is 11.1 Å². The summed E-state index contributed by atoms with van der Waals surface area (Å²) in [5, 5.41) is 2.52. The van der Waals surface area contributed by atoms with E-state index in [1.807, 2.05) is 11.9 Å². The van der Waals surface area contributed by atoms with Gasteiger partial charge >= 0.3 is 0 Å². The molecule has 1 aromatic rings. The SMILES string of the molecule is CCCCN(C)CC(=O)Nc1cc(N)ccc1F. The van der Waals surface area contributed by atoms with Crippen molar-refractivity contribution < 1.29 is 9.18 Å². The molecule has 3 N–H and O–H groups in total. The molecule has 1 rings (SSSR count). The first-order valence-electron chi connectivity index (χ1n) is 6.06. The van der Waals surface area contributed by atoms with Gasteiger partial charge in [-0.05, 0) is 38.2 Å². The van der Waals surface area contributed by atoms with Gasteiger partial charge in [0.25, 0.3) is 0 Å². The summed E-state index contributed by atoms with van der Waals surface area (Å²) in [5.74, 6) is -0.716. The van der Waals surface area contributed by atoms with Crippen molar-refractivity contribution in [3.8, 4) is 0 Å². The minimum Gasteiger partial charge on any atom is -0.399 e. The number of nitrogen functional groups attached to an aromatic ring is 1. The summed E-state index contributed by atoms with van der Waals surface area (Å²) in [4.78, 5) is 13.6. The lowest BCUT2D eigenvalue weighted by Gasteiger charge is -2.15. The van der Waals surface area contributed by atoms with Gasteiger partial charge in [-0.2, -0.15) is 0 Å². The molecule has 100 valence electrons. The van der Waals surface area contributed by atoms with E-state index in [4.69, 9.17) is 5.73 Å². The lowest BCUT2D eigenvalue weighted by molar-refractivity contribution is -0.117. The minimum absolute atomic E-state index is 0.129. The number of amides is 1. The van der Waals surface area contributed by atoms with E-state index in [9.17, 15) is 9.18 Å². The van der Waals surface area contributed by atoms with Crippen molar-refractivity contribution in [1.82, 2.24) is 4.90 Å². The molecule has 0 saturated heterocycles. The molecule has 1 amide bonds. The van der Waals surface area contributed by atoms with Crippen LogP contribution in [0.4, 0.5) is 15.8 Å². The predicted octanol–water partition coefficient (Wildman–Crippen LogP) is 2.08. The predicted molar refractivity (Wildman–Crippen MR) is 71.8 cm³/mol. The highest BCUT2D eigenvalue weighted by Crippen LogP contribution is 2.17. The van der Waals surface area contributed by atoms with Crippen LogP contribution in [0.1, 0.15) is 19.8 Å². The molecule has 1 aromatic carbocycles. The fourth-order valence-corrected chi connectivity index (χ4v) is 1.58. The molecule has 0 fully saturated rings. The second-order valence-corrected chi connectivity index (χ2v) is 4.38. The Labute approximate surface area is 107 Å². The number of hydrogen-bond acceptors (Lipinski definition) is 3. The number of halogens is 1. The van der Waals surface area contributed by atoms with Gasteiger partial charge in [-0.15, -0.1) is 0 Å². The molecule has 0 bridgehead atoms. The lowest BCUT2D eigenvalue weighted by atomic mass is 10.2. The third-order valence-corrected chi connectivity index (χ3v) is 2.57. The number of benzene rings is 1. The summed E-state index contributed by atoms with van der Waals surface area (Å²) in [5.41, 5.74) is 6.09. The highest BCUT2D eigenvalue weighted by Gasteiger charge is 2.09. The average molecular weight is 253 g/mol. The average Bonchev–Trinajstić information content (AvgIpc) is 2.31. The van der Waals surface area contributed by atoms with E-state index in [2.05, 4.69) is 12.2 Å². The summed E-state index contributed by atoms with van der Waals surface area (Å²) in [6.07, 6.45) is 2.12. The van der Waals surface area contributed by atoms with Gasteiger partial charge in [-0.3, -0.25) is 9.69 Å². The molecule has 0 aliphatic carbocycles. The summed E-state index contributed by atoms with van der Waals surface area (Å²) in [6.45, 7) is 3.19. The normalized spacial score (nSPS) is 10.7. The van der Waals surface area contributed by atoms with E-state index in [1.165, 1.54) is 18.2 Å². The molecule has 4 nitrogen and oxygen atoms in total. The molecule has 18 heavy (non-hydrogen) atoms. The third-order valence-electron chi connectivity index (χ3n) is 2.57. The van der Waals surface area contributed by atoms with Crippen LogP contribution in [0.2, 0.25) is 0 Å². The summed E-state index contributed by atoms with van der Waals surface area (Å²) in [6, 6.07) is 4.11. The maximum absolute atomic E-state index is 13.4. The number of rotatable bonds is 6. The zero-order chi connectivity index (χ0) is 13.5. The second-order valence-electron chi connectivity index (χ2n) is 4.38. The van der Waals surface area contributed by atoms with E-state index in [0.717, 1.165) is 19.4 Å². The van der Waals surface area contributed by atoms with Crippen molar-refractivity contribution >= 4 is 17.3 Å². The van der Waals surface area contributed by atoms with Crippen molar-refractivity contribution in [3.63, 3.8) is 0 Å². The quantitative estimate of drug-likeness (QED) is 0.763. The highest BCUT2D eigenvalue weighted by molar-refractivity contribution is 5.92. The molecule has 5 heteroatoms. The first kappa shape index (κ1) is 14.4. The number of nitrogens with two attached hydrogens (primary N) is 1. The van der Waals surface area contributed by atoms with E-state index >= 15 is 0 Å². The van der Waals surface area contributed by atoms with Crippen molar-refractivity contribution in [2.24, 2.45) is 0 Å². The zero-order valence-electron chi connectivity index (χ0n) is 10.9. The fraction of sp³-hybridized carbons (Fsp3) is 0.462. The summed E-state index contributed by atoms with van der Waals surface area (Å²) in [7, 11) is 1.87. The van der Waals surface area contributed by atoms with Gasteiger partial charge in [0.1, 0.15) is 5.82 Å². The van der Waals surface area contributed by atoms with Gasteiger partial charge in [0.05, 0.1) is 12.2 Å². The van der Waals surface area contributed by atoms with E-state index in [0.29, 0.717) is 5.69 Å². The first-order chi connectivity index (χ1) is 8.52. The molecule has 0 spiro atoms. The highest BCUT2D eigenvalue weighted by atomic mass is 19.1. The Bertz CT molecular complexity index is 409. The van der Waals surface area contributed by atoms with Gasteiger partial charge in [0.2, 0.25) is 5.91 Å². The Morgan fingerprint density at radius 3 is 2.89 bits per heavy atom. The number of likely N-dealkylation sites (N-methyl/N-ethyl adjacent to an activating group) is 1. The van der Waals surface area contributed by atoms with Gasteiger partial charge in [-0.25, -0.2) is 4.39 Å². The topological polar surface area (TPSA) is 58.4 Å². The molecule has 0 aromatic heterocycles. The Morgan fingerprint density at radius 1 is 1.50 bits per heavy atom. The number of carbonyl (C=O) groups excluding carboxylic acids is 1. The standard InChI is InChI=1S/C13H20FN3O/c1-3-4-7-17(2)9-13(18)16-12-8-10(15)5-6-11(12)14/h5-6,8H,3-4,7,9,15H2,1-2H3,(H,16,18). The Kier molecular flexibility index (Phi) is 5.58. The van der Waals surface area contributed by atoms with E-state index in [-0.39, 0.29) is 18.1 Å². The molecular weight excluding hydrogens is 233 g/mol. The summed E-state index contributed by atoms with van der Waals surface area (Å²) < 4.78 is 13.4. The van der Waals surface area contributed by atoms with Crippen LogP contribution in [-0.2, 0) is 4.79 Å². The maximum Gasteiger partial charge on any atom is 0.238 e. The molecule has 0 heterocycles. The number of nitrogens with zero attached hydrogens (tertiary/aromatic N) is 1. The van der Waals surface area contributed by atoms with Crippen molar-refractivity contribution in [3.05, 3.63) is 24.0 Å². The smallest absolute Gasteiger partial charge is 0.238 e. The van der Waals surface area contributed by atoms with Crippen LogP contribution in [0.25, 0.3) is 0 Å². The third kappa shape index (κ3) is 4.71. The van der Waals surface area contributed by atoms with Crippen LogP contribution in [-0.4, -0.2) is 30.9 Å². The Balaban J connectivity index is 2.51. The van der Waals surface area contributed by atoms with E-state index in [1.54, 1.807) is 0 Å². The zero-order valence-corrected chi connectivity index (χ0v) is 10.9. The summed E-state index contributed by atoms with van der Waals surface area (Å²) >= 11 is 0. The maximum atomic E-state index is 13.4. The van der Waals surface area contributed by atoms with Gasteiger partial charge in [-0.1, -0.05) is 13.3 Å². The fourth-order valence-electron chi connectivity index (χ4n) is 1.58. The van der Waals surface area contributed by atoms with Crippen LogP contribution in [0.3, 0.4) is 0 Å². The number of anilines is 2. The molecule has 0 radical (unpaired) electrons. The Hall–Kier alpha value is -1.62. The molecule has 0 aliphatic heterocycles. The van der Waals surface area contributed by atoms with Crippen LogP contribution in [0.15, 0.2) is 18.2 Å². The van der Waals surface area contributed by atoms with Crippen molar-refractivity contribution in [2.45, 2.75) is 19.8 Å². The number of hydrogen-bond donors (Lipinski definition) is 2. The first-order valence-corrected chi connectivity index (χ1v) is 6.06. The van der Waals surface area contributed by atoms with Crippen LogP contribution < -0.4 is 11.1 Å². The molecular formula is C13H20FN3O. The van der Waals surface area contributed by atoms with Crippen LogP contribution in [0.5, 0.6) is 0 Å². The number of carbonyl (C=O) groups is 1. The lowest BCUT2D eigenvalue weighted by Crippen LogP contribution is -2.31. The molecule has 0 atom stereocenters. The monoisotopic (exact) mass is 253 g/mol. The van der Waals surface area contributed by atoms with Crippen LogP contribution in [0, 0.1) is 5.82 Å². The van der Waals surface area contributed by atoms with Gasteiger partial charge in [0.15, 0.2) is 0 Å². The molecule has 0 aliphatic rings. The molecule has 0 unspecified atom stereocenters. The number of unbranched alkanes of at least 4 members (excludes halogenated alkanes) is 1.